The lowest BCUT2D eigenvalue weighted by Gasteiger charge is -1.88. The van der Waals surface area contributed by atoms with Crippen molar-refractivity contribution in [2.45, 2.75) is 0 Å². The number of aromatic nitrogens is 1. The maximum Gasteiger partial charge on any atom is 0.318 e. The molecule has 3 N–H and O–H groups in total. The Morgan fingerprint density at radius 3 is 2.07 bits per heavy atom. The Morgan fingerprint density at radius 2 is 1.86 bits per heavy atom. The van der Waals surface area contributed by atoms with E-state index in [1.165, 1.54) is 12.4 Å². The first kappa shape index (κ1) is 12.4. The van der Waals surface area contributed by atoms with Crippen molar-refractivity contribution in [3.63, 3.8) is 0 Å². The molecule has 0 atom stereocenters. The smallest absolute Gasteiger partial charge is 0.318 e. The monoisotopic (exact) mass is 216 g/mol. The van der Waals surface area contributed by atoms with E-state index in [4.69, 9.17) is 22.4 Å². The molecule has 0 aliphatic heterocycles. The second-order valence-electron chi connectivity index (χ2n) is 2.13. The Labute approximate surface area is 85.5 Å². The van der Waals surface area contributed by atoms with Gasteiger partial charge in [-0.05, 0) is 12.1 Å². The van der Waals surface area contributed by atoms with Gasteiger partial charge < -0.3 is 10.8 Å². The minimum absolute atomic E-state index is 0.306. The molecule has 0 bridgehead atoms. The average molecular weight is 217 g/mol. The Morgan fingerprint density at radius 1 is 1.43 bits per heavy atom. The summed E-state index contributed by atoms with van der Waals surface area (Å²) < 4.78 is 0. The molecule has 0 saturated carbocycles. The van der Waals surface area contributed by atoms with Crippen LogP contribution in [-0.2, 0) is 4.79 Å². The van der Waals surface area contributed by atoms with E-state index >= 15 is 0 Å². The molecule has 0 aliphatic carbocycles. The van der Waals surface area contributed by atoms with Crippen LogP contribution in [0.25, 0.3) is 0 Å². The van der Waals surface area contributed by atoms with Crippen LogP contribution in [0.2, 0.25) is 0 Å². The number of carbonyl (C=O) groups is 2. The molecule has 0 saturated heterocycles. The minimum atomic E-state index is -0.980. The summed E-state index contributed by atoms with van der Waals surface area (Å²) in [5, 5.41) is 7.59. The molecule has 0 fully saturated rings. The highest BCUT2D eigenvalue weighted by atomic mass is 35.5. The zero-order valence-corrected chi connectivity index (χ0v) is 7.94. The Bertz CT molecular complexity index is 303. The Hall–Kier alpha value is -1.62. The fraction of sp³-hybridized carbons (Fsp3) is 0.125. The van der Waals surface area contributed by atoms with Gasteiger partial charge in [0.25, 0.3) is 0 Å². The van der Waals surface area contributed by atoms with Crippen LogP contribution in [0.4, 0.5) is 0 Å². The topological polar surface area (TPSA) is 93.3 Å². The van der Waals surface area contributed by atoms with Crippen molar-refractivity contribution in [1.82, 2.24) is 4.98 Å². The normalized spacial score (nSPS) is 8.36. The van der Waals surface area contributed by atoms with Crippen LogP contribution >= 0.6 is 11.6 Å². The van der Waals surface area contributed by atoms with Crippen LogP contribution in [0, 0.1) is 0 Å². The molecule has 1 rings (SSSR count). The quantitative estimate of drug-likeness (QED) is 0.704. The van der Waals surface area contributed by atoms with Crippen molar-refractivity contribution in [3.05, 3.63) is 30.1 Å². The number of carbonyl (C=O) groups excluding carboxylic acids is 1. The van der Waals surface area contributed by atoms with Gasteiger partial charge in [-0.3, -0.25) is 14.6 Å². The number of nitrogens with zero attached hydrogens (tertiary/aromatic N) is 1. The number of amides is 1. The molecule has 1 aromatic heterocycles. The molecule has 0 spiro atoms. The van der Waals surface area contributed by atoms with Gasteiger partial charge in [0.1, 0.15) is 5.88 Å². The van der Waals surface area contributed by atoms with Crippen LogP contribution in [-0.4, -0.2) is 27.8 Å². The van der Waals surface area contributed by atoms with Crippen LogP contribution in [0.15, 0.2) is 24.5 Å². The van der Waals surface area contributed by atoms with Crippen molar-refractivity contribution in [3.8, 4) is 0 Å². The van der Waals surface area contributed by atoms with Crippen LogP contribution in [0.3, 0.4) is 0 Å². The highest BCUT2D eigenvalue weighted by Gasteiger charge is 1.94. The van der Waals surface area contributed by atoms with Gasteiger partial charge in [0.2, 0.25) is 5.91 Å². The third-order valence-electron chi connectivity index (χ3n) is 1.08. The van der Waals surface area contributed by atoms with Gasteiger partial charge in [-0.1, -0.05) is 0 Å². The molecule has 6 heteroatoms. The lowest BCUT2D eigenvalue weighted by molar-refractivity contribution is -0.134. The molecule has 14 heavy (non-hydrogen) atoms. The molecule has 0 unspecified atom stereocenters. The largest absolute Gasteiger partial charge is 0.480 e. The lowest BCUT2D eigenvalue weighted by Crippen LogP contribution is -2.10. The van der Waals surface area contributed by atoms with Crippen molar-refractivity contribution in [2.24, 2.45) is 5.73 Å². The van der Waals surface area contributed by atoms with Crippen molar-refractivity contribution in [2.75, 3.05) is 5.88 Å². The van der Waals surface area contributed by atoms with Gasteiger partial charge in [0.15, 0.2) is 0 Å². The van der Waals surface area contributed by atoms with Gasteiger partial charge in [0.05, 0.1) is 0 Å². The first-order valence-electron chi connectivity index (χ1n) is 3.55. The first-order chi connectivity index (χ1) is 6.57. The predicted octanol–water partition coefficient (Wildman–Crippen LogP) is 0.490. The molecule has 1 heterocycles. The third kappa shape index (κ3) is 5.96. The van der Waals surface area contributed by atoms with Crippen molar-refractivity contribution < 1.29 is 14.7 Å². The number of rotatable bonds is 2. The zero-order valence-electron chi connectivity index (χ0n) is 7.18. The average Bonchev–Trinajstić information content (AvgIpc) is 2.20. The number of halogens is 1. The van der Waals surface area contributed by atoms with Crippen molar-refractivity contribution >= 4 is 23.5 Å². The van der Waals surface area contributed by atoms with E-state index in [0.29, 0.717) is 5.56 Å². The molecule has 1 aromatic rings. The van der Waals surface area contributed by atoms with Gasteiger partial charge in [-0.15, -0.1) is 11.6 Å². The second kappa shape index (κ2) is 6.85. The van der Waals surface area contributed by atoms with E-state index in [2.05, 4.69) is 4.98 Å². The summed E-state index contributed by atoms with van der Waals surface area (Å²) in [6.07, 6.45) is 3.06. The number of hydrogen-bond acceptors (Lipinski definition) is 3. The molecular formula is C8H9ClN2O3. The number of alkyl halides is 1. The molecule has 0 aromatic carbocycles. The molecule has 0 radical (unpaired) electrons. The number of carboxylic acids is 1. The van der Waals surface area contributed by atoms with Gasteiger partial charge in [0, 0.05) is 18.0 Å². The number of aliphatic carboxylic acids is 1. The highest BCUT2D eigenvalue weighted by molar-refractivity contribution is 6.26. The van der Waals surface area contributed by atoms with Gasteiger partial charge in [-0.2, -0.15) is 0 Å². The number of nitrogens with two attached hydrogens (primary N) is 1. The van der Waals surface area contributed by atoms with Crippen LogP contribution in [0.1, 0.15) is 10.4 Å². The van der Waals surface area contributed by atoms with E-state index in [9.17, 15) is 9.59 Å². The summed E-state index contributed by atoms with van der Waals surface area (Å²) in [5.74, 6) is -1.70. The minimum Gasteiger partial charge on any atom is -0.480 e. The molecule has 0 aliphatic rings. The van der Waals surface area contributed by atoms with E-state index < -0.39 is 11.9 Å². The van der Waals surface area contributed by atoms with Crippen LogP contribution < -0.4 is 5.73 Å². The zero-order chi connectivity index (χ0) is 11.0. The molecule has 76 valence electrons. The Balaban J connectivity index is 0.000000292. The predicted molar refractivity (Wildman–Crippen MR) is 51.1 cm³/mol. The summed E-state index contributed by atoms with van der Waals surface area (Å²) in [7, 11) is 0. The number of primary amides is 1. The second-order valence-corrected chi connectivity index (χ2v) is 2.39. The van der Waals surface area contributed by atoms with E-state index in [-0.39, 0.29) is 5.88 Å². The summed E-state index contributed by atoms with van der Waals surface area (Å²) >= 11 is 4.74. The number of pyridine rings is 1. The molecule has 5 nitrogen and oxygen atoms in total. The Kier molecular flexibility index (Phi) is 6.06. The number of hydrogen-bond donors (Lipinski definition) is 2. The van der Waals surface area contributed by atoms with E-state index in [1.54, 1.807) is 12.1 Å². The fourth-order valence-electron chi connectivity index (χ4n) is 0.516. The van der Waals surface area contributed by atoms with E-state index in [0.717, 1.165) is 0 Å². The SMILES string of the molecule is NC(=O)c1ccncc1.O=C(O)CCl. The van der Waals surface area contributed by atoms with Gasteiger partial charge in [-0.25, -0.2) is 0 Å². The number of carboxylic acid groups (broad SMARTS) is 1. The summed E-state index contributed by atoms with van der Waals surface area (Å²) in [6.45, 7) is 0. The standard InChI is InChI=1S/C6H6N2O.C2H3ClO2/c7-6(9)5-1-3-8-4-2-5;3-1-2(4)5/h1-4H,(H2,7,9);1H2,(H,4,5). The first-order valence-corrected chi connectivity index (χ1v) is 4.09. The summed E-state index contributed by atoms with van der Waals surface area (Å²) in [6, 6.07) is 3.14. The highest BCUT2D eigenvalue weighted by Crippen LogP contribution is 1.91. The van der Waals surface area contributed by atoms with E-state index in [1.807, 2.05) is 0 Å². The van der Waals surface area contributed by atoms with Gasteiger partial charge >= 0.3 is 5.97 Å². The maximum absolute atomic E-state index is 10.4. The maximum atomic E-state index is 10.4. The third-order valence-corrected chi connectivity index (χ3v) is 1.31. The summed E-state index contributed by atoms with van der Waals surface area (Å²) in [5.41, 5.74) is 5.44. The molecular weight excluding hydrogens is 208 g/mol. The molecule has 1 amide bonds. The fourth-order valence-corrected chi connectivity index (χ4v) is 0.516. The van der Waals surface area contributed by atoms with Crippen molar-refractivity contribution in [1.29, 1.82) is 0 Å². The lowest BCUT2D eigenvalue weighted by atomic mass is 10.3. The summed E-state index contributed by atoms with van der Waals surface area (Å²) in [4.78, 5) is 23.4. The van der Waals surface area contributed by atoms with Crippen LogP contribution in [0.5, 0.6) is 0 Å².